The van der Waals surface area contributed by atoms with E-state index in [1.165, 1.54) is 12.8 Å². The molecule has 3 nitrogen and oxygen atoms in total. The molecule has 1 saturated carbocycles. The summed E-state index contributed by atoms with van der Waals surface area (Å²) in [5.74, 6) is 1.32. The summed E-state index contributed by atoms with van der Waals surface area (Å²) < 4.78 is 0. The molecule has 2 fully saturated rings. The monoisotopic (exact) mass is 211 g/mol. The van der Waals surface area contributed by atoms with E-state index in [0.717, 1.165) is 31.7 Å². The summed E-state index contributed by atoms with van der Waals surface area (Å²) in [7, 11) is 0. The fourth-order valence-corrected chi connectivity index (χ4v) is 2.71. The number of carbonyl (C=O) groups is 1. The minimum atomic E-state index is -0.281. The maximum Gasteiger partial charge on any atom is 0.225 e. The minimum absolute atomic E-state index is 0.242. The summed E-state index contributed by atoms with van der Waals surface area (Å²) in [5, 5.41) is 9.40. The Morgan fingerprint density at radius 2 is 1.87 bits per heavy atom. The highest BCUT2D eigenvalue weighted by molar-refractivity contribution is 5.79. The first-order valence-corrected chi connectivity index (χ1v) is 6.13. The minimum Gasteiger partial charge on any atom is -0.391 e. The second kappa shape index (κ2) is 4.52. The molecule has 0 radical (unpaired) electrons. The van der Waals surface area contributed by atoms with Crippen LogP contribution >= 0.6 is 0 Å². The Morgan fingerprint density at radius 3 is 2.40 bits per heavy atom. The van der Waals surface area contributed by atoms with Gasteiger partial charge in [0.25, 0.3) is 0 Å². The van der Waals surface area contributed by atoms with Crippen molar-refractivity contribution in [3.05, 3.63) is 0 Å². The molecule has 1 aliphatic heterocycles. The fourth-order valence-electron chi connectivity index (χ4n) is 2.71. The second-order valence-electron chi connectivity index (χ2n) is 5.18. The molecule has 2 aliphatic rings. The predicted octanol–water partition coefficient (Wildman–Crippen LogP) is 1.41. The number of aliphatic hydroxyl groups excluding tert-OH is 1. The van der Waals surface area contributed by atoms with E-state index in [2.05, 4.69) is 6.92 Å². The average Bonchev–Trinajstić information content (AvgIpc) is 2.65. The lowest BCUT2D eigenvalue weighted by Crippen LogP contribution is -2.36. The highest BCUT2D eigenvalue weighted by Gasteiger charge is 2.31. The normalized spacial score (nSPS) is 36.9. The number of hydrogen-bond acceptors (Lipinski definition) is 2. The molecule has 0 aromatic carbocycles. The van der Waals surface area contributed by atoms with Crippen molar-refractivity contribution in [2.24, 2.45) is 11.8 Å². The van der Waals surface area contributed by atoms with Crippen LogP contribution in [0.2, 0.25) is 0 Å². The topological polar surface area (TPSA) is 40.5 Å². The van der Waals surface area contributed by atoms with Gasteiger partial charge in [-0.05, 0) is 38.0 Å². The van der Waals surface area contributed by atoms with Crippen LogP contribution in [0.3, 0.4) is 0 Å². The summed E-state index contributed by atoms with van der Waals surface area (Å²) >= 11 is 0. The molecule has 1 amide bonds. The van der Waals surface area contributed by atoms with Crippen LogP contribution in [0.5, 0.6) is 0 Å². The van der Waals surface area contributed by atoms with E-state index in [1.54, 1.807) is 0 Å². The Labute approximate surface area is 91.5 Å². The molecule has 2 rings (SSSR count). The Balaban J connectivity index is 1.85. The van der Waals surface area contributed by atoms with E-state index < -0.39 is 0 Å². The number of rotatable bonds is 1. The maximum atomic E-state index is 12.1. The summed E-state index contributed by atoms with van der Waals surface area (Å²) in [6, 6.07) is 0. The van der Waals surface area contributed by atoms with Gasteiger partial charge in [-0.1, -0.05) is 6.92 Å². The van der Waals surface area contributed by atoms with E-state index >= 15 is 0 Å². The van der Waals surface area contributed by atoms with Crippen LogP contribution in [0.4, 0.5) is 0 Å². The third kappa shape index (κ3) is 2.51. The lowest BCUT2D eigenvalue weighted by atomic mass is 9.82. The molecule has 0 bridgehead atoms. The lowest BCUT2D eigenvalue weighted by Gasteiger charge is -2.28. The average molecular weight is 211 g/mol. The van der Waals surface area contributed by atoms with Gasteiger partial charge in [0.2, 0.25) is 5.91 Å². The smallest absolute Gasteiger partial charge is 0.225 e. The molecule has 0 aromatic heterocycles. The molecule has 3 heteroatoms. The largest absolute Gasteiger partial charge is 0.391 e. The SMILES string of the molecule is C[C@H]1CC[C@H](C(=O)N2CC[C@@H](O)C2)CC1. The van der Waals surface area contributed by atoms with Crippen molar-refractivity contribution in [1.29, 1.82) is 0 Å². The van der Waals surface area contributed by atoms with Crippen LogP contribution in [0.25, 0.3) is 0 Å². The number of carbonyl (C=O) groups excluding carboxylic acids is 1. The van der Waals surface area contributed by atoms with Crippen molar-refractivity contribution in [2.45, 2.75) is 45.1 Å². The Morgan fingerprint density at radius 1 is 1.20 bits per heavy atom. The molecule has 1 saturated heterocycles. The highest BCUT2D eigenvalue weighted by Crippen LogP contribution is 2.30. The maximum absolute atomic E-state index is 12.1. The Bertz CT molecular complexity index is 234. The summed E-state index contributed by atoms with van der Waals surface area (Å²) in [4.78, 5) is 13.9. The second-order valence-corrected chi connectivity index (χ2v) is 5.18. The number of nitrogens with zero attached hydrogens (tertiary/aromatic N) is 1. The van der Waals surface area contributed by atoms with E-state index in [1.807, 2.05) is 4.90 Å². The van der Waals surface area contributed by atoms with E-state index in [0.29, 0.717) is 12.5 Å². The van der Waals surface area contributed by atoms with E-state index in [9.17, 15) is 9.90 Å². The molecule has 0 spiro atoms. The van der Waals surface area contributed by atoms with Crippen LogP contribution in [0.15, 0.2) is 0 Å². The molecule has 86 valence electrons. The van der Waals surface area contributed by atoms with Gasteiger partial charge in [0, 0.05) is 19.0 Å². The standard InChI is InChI=1S/C12H21NO2/c1-9-2-4-10(5-3-9)12(15)13-7-6-11(14)8-13/h9-11,14H,2-8H2,1H3/t9-,10-,11-/m1/s1. The molecule has 1 aliphatic carbocycles. The quantitative estimate of drug-likeness (QED) is 0.712. The number of hydrogen-bond donors (Lipinski definition) is 1. The number of likely N-dealkylation sites (tertiary alicyclic amines) is 1. The van der Waals surface area contributed by atoms with E-state index in [-0.39, 0.29) is 12.0 Å². The van der Waals surface area contributed by atoms with Gasteiger partial charge in [-0.3, -0.25) is 4.79 Å². The lowest BCUT2D eigenvalue weighted by molar-refractivity contribution is -0.136. The molecule has 1 atom stereocenters. The third-order valence-corrected chi connectivity index (χ3v) is 3.84. The first kappa shape index (κ1) is 10.9. The van der Waals surface area contributed by atoms with Crippen LogP contribution in [-0.4, -0.2) is 35.1 Å². The zero-order valence-corrected chi connectivity index (χ0v) is 9.48. The highest BCUT2D eigenvalue weighted by atomic mass is 16.3. The van der Waals surface area contributed by atoms with Crippen LogP contribution in [-0.2, 0) is 4.79 Å². The van der Waals surface area contributed by atoms with Crippen LogP contribution in [0.1, 0.15) is 39.0 Å². The van der Waals surface area contributed by atoms with Gasteiger partial charge in [-0.2, -0.15) is 0 Å². The third-order valence-electron chi connectivity index (χ3n) is 3.84. The van der Waals surface area contributed by atoms with Crippen molar-refractivity contribution in [1.82, 2.24) is 4.90 Å². The molecule has 1 N–H and O–H groups in total. The zero-order valence-electron chi connectivity index (χ0n) is 9.48. The van der Waals surface area contributed by atoms with Crippen LogP contribution in [0, 0.1) is 11.8 Å². The molecular weight excluding hydrogens is 190 g/mol. The van der Waals surface area contributed by atoms with Gasteiger partial charge in [0.1, 0.15) is 0 Å². The number of β-amino-alcohol motifs (C(OH)–C–C–N with tert-alkyl or cyclic N) is 1. The van der Waals surface area contributed by atoms with Crippen molar-refractivity contribution >= 4 is 5.91 Å². The Hall–Kier alpha value is -0.570. The van der Waals surface area contributed by atoms with Gasteiger partial charge in [-0.25, -0.2) is 0 Å². The van der Waals surface area contributed by atoms with Gasteiger partial charge in [0.15, 0.2) is 0 Å². The fraction of sp³-hybridized carbons (Fsp3) is 0.917. The van der Waals surface area contributed by atoms with Crippen molar-refractivity contribution < 1.29 is 9.90 Å². The van der Waals surface area contributed by atoms with E-state index in [4.69, 9.17) is 0 Å². The summed E-state index contributed by atoms with van der Waals surface area (Å²) in [6.45, 7) is 3.58. The van der Waals surface area contributed by atoms with Crippen molar-refractivity contribution in [3.63, 3.8) is 0 Å². The Kier molecular flexibility index (Phi) is 3.29. The molecule has 0 unspecified atom stereocenters. The summed E-state index contributed by atoms with van der Waals surface area (Å²) in [5.41, 5.74) is 0. The van der Waals surface area contributed by atoms with Crippen molar-refractivity contribution in [2.75, 3.05) is 13.1 Å². The molecular formula is C12H21NO2. The van der Waals surface area contributed by atoms with Crippen LogP contribution < -0.4 is 0 Å². The zero-order chi connectivity index (χ0) is 10.8. The van der Waals surface area contributed by atoms with Gasteiger partial charge < -0.3 is 10.0 Å². The van der Waals surface area contributed by atoms with Gasteiger partial charge >= 0.3 is 0 Å². The first-order chi connectivity index (χ1) is 7.16. The van der Waals surface area contributed by atoms with Gasteiger partial charge in [0.05, 0.1) is 6.10 Å². The number of amides is 1. The predicted molar refractivity (Wildman–Crippen MR) is 58.3 cm³/mol. The van der Waals surface area contributed by atoms with Gasteiger partial charge in [-0.15, -0.1) is 0 Å². The van der Waals surface area contributed by atoms with Crippen molar-refractivity contribution in [3.8, 4) is 0 Å². The molecule has 1 heterocycles. The molecule has 15 heavy (non-hydrogen) atoms. The number of aliphatic hydroxyl groups is 1. The summed E-state index contributed by atoms with van der Waals surface area (Å²) in [6.07, 6.45) is 4.95. The first-order valence-electron chi connectivity index (χ1n) is 6.13. The molecule has 0 aromatic rings.